The molecule has 0 spiro atoms. The maximum atomic E-state index is 2.47. The van der Waals surface area contributed by atoms with Crippen LogP contribution in [0, 0.1) is 0 Å². The van der Waals surface area contributed by atoms with E-state index in [1.807, 2.05) is 0 Å². The second-order valence-electron chi connectivity index (χ2n) is 17.7. The van der Waals surface area contributed by atoms with Crippen LogP contribution in [0.3, 0.4) is 0 Å². The molecule has 314 valence electrons. The lowest BCUT2D eigenvalue weighted by Gasteiger charge is -2.35. The third-order valence-corrected chi connectivity index (χ3v) is 14.0. The lowest BCUT2D eigenvalue weighted by molar-refractivity contribution is 0.769. The summed E-state index contributed by atoms with van der Waals surface area (Å²) in [4.78, 5) is 2.44. The van der Waals surface area contributed by atoms with Crippen molar-refractivity contribution in [2.75, 3.05) is 4.90 Å². The molecule has 0 fully saturated rings. The highest BCUT2D eigenvalue weighted by molar-refractivity contribution is 6.10. The first-order valence-corrected chi connectivity index (χ1v) is 23.2. The van der Waals surface area contributed by atoms with E-state index in [9.17, 15) is 0 Å². The molecule has 0 saturated carbocycles. The van der Waals surface area contributed by atoms with Crippen molar-refractivity contribution < 1.29 is 0 Å². The standard InChI is InChI=1S/C65H44N2/c1-5-18-45(19-6-1)47-22-17-29-55(40-47)66(54-35-32-46(33-36-54)50-34-39-64-60(42-50)58-30-15-16-31-63(58)67(64)53-27-11-4-12-28-53)56-37-38-57-59-41-48-20-13-14-21-49(48)43-61(59)65(62(57)44-56,51-23-7-2-8-24-51)52-25-9-3-10-26-52/h1-44H. The molecule has 1 aliphatic rings. The maximum Gasteiger partial charge on any atom is 0.0714 e. The van der Waals surface area contributed by atoms with E-state index in [0.717, 1.165) is 22.7 Å². The molecule has 1 heterocycles. The van der Waals surface area contributed by atoms with Gasteiger partial charge < -0.3 is 9.47 Å². The molecule has 0 saturated heterocycles. The minimum atomic E-state index is -0.559. The van der Waals surface area contributed by atoms with Gasteiger partial charge in [0.1, 0.15) is 0 Å². The number of hydrogen-bond donors (Lipinski definition) is 0. The van der Waals surface area contributed by atoms with Crippen LogP contribution in [0.4, 0.5) is 17.1 Å². The molecule has 13 rings (SSSR count). The molecular weight excluding hydrogens is 809 g/mol. The predicted octanol–water partition coefficient (Wildman–Crippen LogP) is 17.1. The molecule has 0 N–H and O–H groups in total. The van der Waals surface area contributed by atoms with E-state index in [2.05, 4.69) is 276 Å². The Balaban J connectivity index is 0.998. The molecule has 11 aromatic carbocycles. The average molecular weight is 853 g/mol. The van der Waals surface area contributed by atoms with Crippen LogP contribution in [0.2, 0.25) is 0 Å². The molecule has 0 atom stereocenters. The topological polar surface area (TPSA) is 8.17 Å². The van der Waals surface area contributed by atoms with Gasteiger partial charge in [-0.15, -0.1) is 0 Å². The van der Waals surface area contributed by atoms with Crippen molar-refractivity contribution in [3.63, 3.8) is 0 Å². The van der Waals surface area contributed by atoms with E-state index in [-0.39, 0.29) is 0 Å². The van der Waals surface area contributed by atoms with Gasteiger partial charge in [0, 0.05) is 33.5 Å². The largest absolute Gasteiger partial charge is 0.310 e. The van der Waals surface area contributed by atoms with Crippen LogP contribution >= 0.6 is 0 Å². The molecule has 0 amide bonds. The van der Waals surface area contributed by atoms with Crippen molar-refractivity contribution in [3.8, 4) is 39.1 Å². The summed E-state index contributed by atoms with van der Waals surface area (Å²) in [5.41, 5.74) is 18.6. The van der Waals surface area contributed by atoms with Crippen molar-refractivity contribution in [2.24, 2.45) is 0 Å². The van der Waals surface area contributed by atoms with E-state index < -0.39 is 5.41 Å². The summed E-state index contributed by atoms with van der Waals surface area (Å²) >= 11 is 0. The first-order valence-electron chi connectivity index (χ1n) is 23.2. The summed E-state index contributed by atoms with van der Waals surface area (Å²) in [6.07, 6.45) is 0. The summed E-state index contributed by atoms with van der Waals surface area (Å²) < 4.78 is 2.38. The lowest BCUT2D eigenvalue weighted by atomic mass is 9.67. The van der Waals surface area contributed by atoms with Gasteiger partial charge in [-0.25, -0.2) is 0 Å². The Kier molecular flexibility index (Phi) is 9.11. The summed E-state index contributed by atoms with van der Waals surface area (Å²) in [6.45, 7) is 0. The van der Waals surface area contributed by atoms with Crippen molar-refractivity contribution in [3.05, 3.63) is 289 Å². The van der Waals surface area contributed by atoms with Crippen molar-refractivity contribution in [1.29, 1.82) is 0 Å². The van der Waals surface area contributed by atoms with Crippen molar-refractivity contribution in [1.82, 2.24) is 4.57 Å². The highest BCUT2D eigenvalue weighted by Crippen LogP contribution is 2.58. The third kappa shape index (κ3) is 6.26. The number of rotatable bonds is 8. The van der Waals surface area contributed by atoms with E-state index in [4.69, 9.17) is 0 Å². The number of aromatic nitrogens is 1. The van der Waals surface area contributed by atoms with E-state index >= 15 is 0 Å². The van der Waals surface area contributed by atoms with Crippen LogP contribution < -0.4 is 4.90 Å². The van der Waals surface area contributed by atoms with Crippen LogP contribution in [0.15, 0.2) is 267 Å². The summed E-state index contributed by atoms with van der Waals surface area (Å²) in [5, 5.41) is 4.98. The third-order valence-electron chi connectivity index (χ3n) is 14.0. The Bertz CT molecular complexity index is 3740. The minimum Gasteiger partial charge on any atom is -0.310 e. The van der Waals surface area contributed by atoms with Crippen LogP contribution in [0.5, 0.6) is 0 Å². The Labute approximate surface area is 390 Å². The van der Waals surface area contributed by atoms with Crippen molar-refractivity contribution >= 4 is 49.6 Å². The van der Waals surface area contributed by atoms with Gasteiger partial charge in [0.15, 0.2) is 0 Å². The zero-order chi connectivity index (χ0) is 44.3. The first-order chi connectivity index (χ1) is 33.2. The van der Waals surface area contributed by atoms with Gasteiger partial charge in [-0.3, -0.25) is 0 Å². The van der Waals surface area contributed by atoms with Gasteiger partial charge in [-0.2, -0.15) is 0 Å². The molecule has 2 nitrogen and oxygen atoms in total. The van der Waals surface area contributed by atoms with Crippen LogP contribution in [-0.2, 0) is 5.41 Å². The molecule has 0 radical (unpaired) electrons. The number of fused-ring (bicyclic) bond motifs is 7. The van der Waals surface area contributed by atoms with Gasteiger partial charge in [0.05, 0.1) is 16.4 Å². The Morgan fingerprint density at radius 3 is 1.55 bits per heavy atom. The zero-order valence-electron chi connectivity index (χ0n) is 36.8. The Hall–Kier alpha value is -8.72. The number of benzene rings is 11. The Morgan fingerprint density at radius 2 is 0.821 bits per heavy atom. The fraction of sp³-hybridized carbons (Fsp3) is 0.0154. The van der Waals surface area contributed by atoms with Gasteiger partial charge in [0.2, 0.25) is 0 Å². The molecule has 67 heavy (non-hydrogen) atoms. The van der Waals surface area contributed by atoms with Crippen LogP contribution in [0.25, 0.3) is 71.6 Å². The van der Waals surface area contributed by atoms with Gasteiger partial charge in [0.25, 0.3) is 0 Å². The Morgan fingerprint density at radius 1 is 0.299 bits per heavy atom. The molecule has 12 aromatic rings. The fourth-order valence-corrected chi connectivity index (χ4v) is 11.0. The SMILES string of the molecule is c1ccc(-c2cccc(N(c3ccc(-c4ccc5c(c4)c4ccccc4n5-c4ccccc4)cc3)c3ccc4c(c3)C(c3ccccc3)(c3ccccc3)c3cc5ccccc5cc3-4)c2)cc1. The molecule has 1 aromatic heterocycles. The highest BCUT2D eigenvalue weighted by Gasteiger charge is 2.46. The quantitative estimate of drug-likeness (QED) is 0.148. The van der Waals surface area contributed by atoms with E-state index in [1.165, 1.54) is 88.2 Å². The maximum absolute atomic E-state index is 2.47. The predicted molar refractivity (Wildman–Crippen MR) is 281 cm³/mol. The molecule has 0 unspecified atom stereocenters. The van der Waals surface area contributed by atoms with Crippen LogP contribution in [-0.4, -0.2) is 4.57 Å². The second-order valence-corrected chi connectivity index (χ2v) is 17.7. The summed E-state index contributed by atoms with van der Waals surface area (Å²) in [7, 11) is 0. The number of anilines is 3. The molecule has 0 bridgehead atoms. The fourth-order valence-electron chi connectivity index (χ4n) is 11.0. The number of para-hydroxylation sites is 2. The van der Waals surface area contributed by atoms with Gasteiger partial charge in [-0.1, -0.05) is 188 Å². The average Bonchev–Trinajstić information content (AvgIpc) is 3.89. The molecule has 0 aliphatic heterocycles. The van der Waals surface area contributed by atoms with Gasteiger partial charge in [-0.05, 0) is 145 Å². The second kappa shape index (κ2) is 15.8. The summed E-state index contributed by atoms with van der Waals surface area (Å²) in [6, 6.07) is 98.2. The van der Waals surface area contributed by atoms with E-state index in [0.29, 0.717) is 0 Å². The number of hydrogen-bond acceptors (Lipinski definition) is 1. The highest BCUT2D eigenvalue weighted by atomic mass is 15.1. The number of nitrogens with zero attached hydrogens (tertiary/aromatic N) is 2. The first kappa shape index (κ1) is 38.7. The lowest BCUT2D eigenvalue weighted by Crippen LogP contribution is -2.28. The zero-order valence-corrected chi connectivity index (χ0v) is 36.8. The minimum absolute atomic E-state index is 0.559. The molecular formula is C65H44N2. The smallest absolute Gasteiger partial charge is 0.0714 e. The molecule has 1 aliphatic carbocycles. The van der Waals surface area contributed by atoms with Crippen molar-refractivity contribution in [2.45, 2.75) is 5.41 Å². The monoisotopic (exact) mass is 852 g/mol. The van der Waals surface area contributed by atoms with E-state index in [1.54, 1.807) is 0 Å². The molecule has 2 heteroatoms. The van der Waals surface area contributed by atoms with Gasteiger partial charge >= 0.3 is 0 Å². The normalized spacial score (nSPS) is 12.6. The summed E-state index contributed by atoms with van der Waals surface area (Å²) in [5.74, 6) is 0. The van der Waals surface area contributed by atoms with Crippen LogP contribution in [0.1, 0.15) is 22.3 Å².